The van der Waals surface area contributed by atoms with Crippen LogP contribution in [-0.4, -0.2) is 4.98 Å². The van der Waals surface area contributed by atoms with Gasteiger partial charge in [-0.2, -0.15) is 0 Å². The van der Waals surface area contributed by atoms with Gasteiger partial charge in [0.15, 0.2) is 0 Å². The number of nitrogens with two attached hydrogens (primary N) is 1. The molecule has 0 unspecified atom stereocenters. The summed E-state index contributed by atoms with van der Waals surface area (Å²) in [5.74, 6) is 0. The van der Waals surface area contributed by atoms with Crippen LogP contribution in [0.2, 0.25) is 0 Å². The maximum Gasteiger partial charge on any atom is 0.0996 e. The van der Waals surface area contributed by atoms with E-state index in [0.717, 1.165) is 16.8 Å². The third-order valence-electron chi connectivity index (χ3n) is 1.88. The van der Waals surface area contributed by atoms with Crippen molar-refractivity contribution in [3.8, 4) is 11.3 Å². The lowest BCUT2D eigenvalue weighted by molar-refractivity contribution is 0.568. The molecule has 0 atom stereocenters. The van der Waals surface area contributed by atoms with Crippen molar-refractivity contribution in [1.29, 1.82) is 0 Å². The van der Waals surface area contributed by atoms with Gasteiger partial charge in [0, 0.05) is 18.3 Å². The predicted molar refractivity (Wildman–Crippen MR) is 49.8 cm³/mol. The molecule has 0 aliphatic rings. The van der Waals surface area contributed by atoms with Crippen molar-refractivity contribution >= 4 is 0 Å². The molecule has 0 fully saturated rings. The molecule has 0 aliphatic heterocycles. The molecule has 2 aromatic heterocycles. The number of pyridine rings is 1. The van der Waals surface area contributed by atoms with Crippen LogP contribution >= 0.6 is 0 Å². The fraction of sp³-hybridized carbons (Fsp3) is 0.100. The van der Waals surface area contributed by atoms with Crippen molar-refractivity contribution in [2.24, 2.45) is 5.73 Å². The summed E-state index contributed by atoms with van der Waals surface area (Å²) in [5.41, 5.74) is 8.48. The monoisotopic (exact) mass is 174 g/mol. The Bertz CT molecular complexity index is 382. The highest BCUT2D eigenvalue weighted by atomic mass is 16.3. The molecular weight excluding hydrogens is 164 g/mol. The second-order valence-corrected chi connectivity index (χ2v) is 2.77. The van der Waals surface area contributed by atoms with Crippen LogP contribution in [0.3, 0.4) is 0 Å². The molecule has 0 bridgehead atoms. The first-order valence-electron chi connectivity index (χ1n) is 4.08. The molecule has 13 heavy (non-hydrogen) atoms. The average molecular weight is 174 g/mol. The molecule has 0 saturated carbocycles. The van der Waals surface area contributed by atoms with E-state index in [-0.39, 0.29) is 0 Å². The Morgan fingerprint density at radius 2 is 2.31 bits per heavy atom. The summed E-state index contributed by atoms with van der Waals surface area (Å²) in [4.78, 5) is 4.21. The Balaban J connectivity index is 2.41. The second kappa shape index (κ2) is 3.41. The van der Waals surface area contributed by atoms with E-state index in [1.807, 2.05) is 18.2 Å². The molecule has 0 radical (unpaired) electrons. The van der Waals surface area contributed by atoms with Gasteiger partial charge in [0.05, 0.1) is 18.2 Å². The molecule has 0 aromatic carbocycles. The van der Waals surface area contributed by atoms with Gasteiger partial charge in [0.1, 0.15) is 0 Å². The van der Waals surface area contributed by atoms with E-state index >= 15 is 0 Å². The maximum absolute atomic E-state index is 5.52. The van der Waals surface area contributed by atoms with Gasteiger partial charge in [-0.15, -0.1) is 0 Å². The van der Waals surface area contributed by atoms with Crippen LogP contribution in [0, 0.1) is 0 Å². The smallest absolute Gasteiger partial charge is 0.0996 e. The molecule has 0 amide bonds. The zero-order valence-electron chi connectivity index (χ0n) is 7.10. The van der Waals surface area contributed by atoms with Crippen LogP contribution in [0.15, 0.2) is 41.3 Å². The van der Waals surface area contributed by atoms with Crippen molar-refractivity contribution in [3.05, 3.63) is 42.5 Å². The van der Waals surface area contributed by atoms with Gasteiger partial charge >= 0.3 is 0 Å². The topological polar surface area (TPSA) is 52.0 Å². The van der Waals surface area contributed by atoms with Crippen LogP contribution < -0.4 is 5.73 Å². The minimum Gasteiger partial charge on any atom is -0.472 e. The minimum absolute atomic E-state index is 0.535. The van der Waals surface area contributed by atoms with E-state index in [4.69, 9.17) is 10.2 Å². The fourth-order valence-corrected chi connectivity index (χ4v) is 1.17. The molecular formula is C10H10N2O. The van der Waals surface area contributed by atoms with E-state index in [1.165, 1.54) is 0 Å². The number of rotatable bonds is 2. The highest BCUT2D eigenvalue weighted by Crippen LogP contribution is 2.17. The highest BCUT2D eigenvalue weighted by Gasteiger charge is 2.00. The third-order valence-corrected chi connectivity index (χ3v) is 1.88. The lowest BCUT2D eigenvalue weighted by atomic mass is 10.1. The first-order chi connectivity index (χ1) is 6.40. The maximum atomic E-state index is 5.52. The molecule has 0 spiro atoms. The van der Waals surface area contributed by atoms with Crippen LogP contribution in [-0.2, 0) is 6.54 Å². The quantitative estimate of drug-likeness (QED) is 0.755. The van der Waals surface area contributed by atoms with Gasteiger partial charge in [0.2, 0.25) is 0 Å². The lowest BCUT2D eigenvalue weighted by Crippen LogP contribution is -1.96. The Kier molecular flexibility index (Phi) is 2.10. The summed E-state index contributed by atoms with van der Waals surface area (Å²) in [7, 11) is 0. The fourth-order valence-electron chi connectivity index (χ4n) is 1.17. The minimum atomic E-state index is 0.535. The SMILES string of the molecule is NCc1ccnc(-c2ccoc2)c1. The lowest BCUT2D eigenvalue weighted by Gasteiger charge is -1.98. The van der Waals surface area contributed by atoms with Gasteiger partial charge in [-0.1, -0.05) is 0 Å². The Hall–Kier alpha value is -1.61. The molecule has 66 valence electrons. The summed E-state index contributed by atoms with van der Waals surface area (Å²) in [6, 6.07) is 5.75. The number of furan rings is 1. The van der Waals surface area contributed by atoms with Gasteiger partial charge in [-0.25, -0.2) is 0 Å². The van der Waals surface area contributed by atoms with Crippen LogP contribution in [0.5, 0.6) is 0 Å². The summed E-state index contributed by atoms with van der Waals surface area (Å²) < 4.78 is 4.97. The van der Waals surface area contributed by atoms with E-state index < -0.39 is 0 Å². The highest BCUT2D eigenvalue weighted by molar-refractivity contribution is 5.57. The Morgan fingerprint density at radius 1 is 1.38 bits per heavy atom. The normalized spacial score (nSPS) is 10.2. The van der Waals surface area contributed by atoms with Crippen molar-refractivity contribution in [3.63, 3.8) is 0 Å². The average Bonchev–Trinajstić information content (AvgIpc) is 2.71. The van der Waals surface area contributed by atoms with Gasteiger partial charge in [0.25, 0.3) is 0 Å². The molecule has 2 N–H and O–H groups in total. The first kappa shape index (κ1) is 8.01. The second-order valence-electron chi connectivity index (χ2n) is 2.77. The van der Waals surface area contributed by atoms with Crippen LogP contribution in [0.4, 0.5) is 0 Å². The summed E-state index contributed by atoms with van der Waals surface area (Å²) >= 11 is 0. The van der Waals surface area contributed by atoms with Crippen molar-refractivity contribution < 1.29 is 4.42 Å². The molecule has 0 saturated heterocycles. The van der Waals surface area contributed by atoms with Crippen LogP contribution in [0.1, 0.15) is 5.56 Å². The molecule has 0 aliphatic carbocycles. The molecule has 2 aromatic rings. The molecule has 2 rings (SSSR count). The van der Waals surface area contributed by atoms with E-state index in [9.17, 15) is 0 Å². The van der Waals surface area contributed by atoms with Gasteiger partial charge in [-0.3, -0.25) is 4.98 Å². The zero-order chi connectivity index (χ0) is 9.10. The van der Waals surface area contributed by atoms with E-state index in [1.54, 1.807) is 18.7 Å². The number of hydrogen-bond acceptors (Lipinski definition) is 3. The first-order valence-corrected chi connectivity index (χ1v) is 4.08. The standard InChI is InChI=1S/C10H10N2O/c11-6-8-1-3-12-10(5-8)9-2-4-13-7-9/h1-5,7H,6,11H2. The van der Waals surface area contributed by atoms with E-state index in [0.29, 0.717) is 6.54 Å². The summed E-state index contributed by atoms with van der Waals surface area (Å²) in [5, 5.41) is 0. The van der Waals surface area contributed by atoms with Gasteiger partial charge < -0.3 is 10.2 Å². The molecule has 2 heterocycles. The molecule has 3 nitrogen and oxygen atoms in total. The Morgan fingerprint density at radius 3 is 3.00 bits per heavy atom. The van der Waals surface area contributed by atoms with Crippen molar-refractivity contribution in [2.75, 3.05) is 0 Å². The third kappa shape index (κ3) is 1.60. The largest absolute Gasteiger partial charge is 0.472 e. The zero-order valence-corrected chi connectivity index (χ0v) is 7.10. The van der Waals surface area contributed by atoms with Crippen molar-refractivity contribution in [2.45, 2.75) is 6.54 Å². The number of aromatic nitrogens is 1. The predicted octanol–water partition coefficient (Wildman–Crippen LogP) is 1.80. The van der Waals surface area contributed by atoms with Gasteiger partial charge in [-0.05, 0) is 23.8 Å². The van der Waals surface area contributed by atoms with Crippen molar-refractivity contribution in [1.82, 2.24) is 4.98 Å². The Labute approximate surface area is 76.2 Å². The summed E-state index contributed by atoms with van der Waals surface area (Å²) in [6.07, 6.45) is 5.05. The number of nitrogens with zero attached hydrogens (tertiary/aromatic N) is 1. The summed E-state index contributed by atoms with van der Waals surface area (Å²) in [6.45, 7) is 0.535. The van der Waals surface area contributed by atoms with Crippen LogP contribution in [0.25, 0.3) is 11.3 Å². The number of hydrogen-bond donors (Lipinski definition) is 1. The van der Waals surface area contributed by atoms with E-state index in [2.05, 4.69) is 4.98 Å². The molecule has 3 heteroatoms.